The Kier molecular flexibility index (Phi) is 66.2. The van der Waals surface area contributed by atoms with Crippen molar-refractivity contribution in [2.75, 3.05) is 39.6 Å². The molecular formula is C77H150O17P2. The minimum atomic E-state index is -4.96. The van der Waals surface area contributed by atoms with Crippen molar-refractivity contribution < 1.29 is 80.2 Å². The molecule has 3 N–H and O–H groups in total. The molecule has 0 aliphatic heterocycles. The number of phosphoric acid groups is 2. The molecule has 0 heterocycles. The summed E-state index contributed by atoms with van der Waals surface area (Å²) < 4.78 is 68.6. The van der Waals surface area contributed by atoms with Crippen LogP contribution in [0.2, 0.25) is 0 Å². The molecule has 0 saturated carbocycles. The first-order chi connectivity index (χ1) is 46.3. The van der Waals surface area contributed by atoms with Gasteiger partial charge >= 0.3 is 39.5 Å². The molecule has 570 valence electrons. The lowest BCUT2D eigenvalue weighted by atomic mass is 9.99. The molecule has 0 fully saturated rings. The van der Waals surface area contributed by atoms with Gasteiger partial charge in [-0.2, -0.15) is 0 Å². The first-order valence-corrected chi connectivity index (χ1v) is 42.9. The number of esters is 4. The standard InChI is InChI=1S/C77H150O17P2/c1-8-10-11-12-13-14-15-16-17-18-19-20-21-31-39-46-53-60-76(81)93-72(64-87-74(79)58-51-44-37-30-25-23-29-36-43-50-57-70(7)9-2)66-91-95(83,84)89-62-71(78)63-90-96(85,86)92-67-73(65-88-75(80)59-52-45-38-33-26-28-35-42-49-56-69(5)6)94-77(82)61-54-47-40-32-24-22-27-34-41-48-55-68(3)4/h68-73,78H,8-67H2,1-7H3,(H,83,84)(H,85,86)/t70?,71-,72-,73-/m1/s1. The molecule has 0 aromatic carbocycles. The fraction of sp³-hybridized carbons (Fsp3) is 0.948. The quantitative estimate of drug-likeness (QED) is 0.0222. The zero-order valence-corrected chi connectivity index (χ0v) is 64.6. The SMILES string of the molecule is CCCCCCCCCCCCCCCCCCCC(=O)O[C@H](COC(=O)CCCCCCCCCCCCC(C)CC)COP(=O)(O)OC[C@@H](O)COP(=O)(O)OC[C@@H](COC(=O)CCCCCCCCCCCC(C)C)OC(=O)CCCCCCCCCCCCC(C)C. The summed E-state index contributed by atoms with van der Waals surface area (Å²) in [6, 6.07) is 0. The Balaban J connectivity index is 5.27. The third-order valence-corrected chi connectivity index (χ3v) is 20.1. The van der Waals surface area contributed by atoms with Gasteiger partial charge in [0.15, 0.2) is 12.2 Å². The van der Waals surface area contributed by atoms with Gasteiger partial charge in [0.25, 0.3) is 0 Å². The molecule has 0 saturated heterocycles. The van der Waals surface area contributed by atoms with Crippen LogP contribution in [-0.2, 0) is 65.4 Å². The van der Waals surface area contributed by atoms with Gasteiger partial charge in [0, 0.05) is 25.7 Å². The fourth-order valence-corrected chi connectivity index (χ4v) is 13.3. The molecule has 96 heavy (non-hydrogen) atoms. The first-order valence-electron chi connectivity index (χ1n) is 39.9. The van der Waals surface area contributed by atoms with E-state index in [0.717, 1.165) is 108 Å². The Labute approximate surface area is 588 Å². The normalized spacial score (nSPS) is 14.3. The van der Waals surface area contributed by atoms with E-state index in [4.69, 9.17) is 37.0 Å². The van der Waals surface area contributed by atoms with Crippen LogP contribution < -0.4 is 0 Å². The number of phosphoric ester groups is 2. The number of ether oxygens (including phenoxy) is 4. The van der Waals surface area contributed by atoms with Gasteiger partial charge in [-0.1, -0.05) is 344 Å². The van der Waals surface area contributed by atoms with Gasteiger partial charge in [-0.3, -0.25) is 37.3 Å². The second kappa shape index (κ2) is 67.5. The van der Waals surface area contributed by atoms with E-state index in [2.05, 4.69) is 48.5 Å². The molecule has 0 bridgehead atoms. The summed E-state index contributed by atoms with van der Waals surface area (Å²) in [7, 11) is -9.92. The number of rotatable bonds is 75. The van der Waals surface area contributed by atoms with Crippen LogP contribution in [0.5, 0.6) is 0 Å². The maximum absolute atomic E-state index is 13.1. The first kappa shape index (κ1) is 94.1. The molecule has 6 atom stereocenters. The second-order valence-electron chi connectivity index (χ2n) is 28.9. The average molecular weight is 1410 g/mol. The Hall–Kier alpha value is -1.94. The number of carbonyl (C=O) groups is 4. The van der Waals surface area contributed by atoms with Gasteiger partial charge in [-0.05, 0) is 43.4 Å². The van der Waals surface area contributed by atoms with Gasteiger partial charge in [0.05, 0.1) is 26.4 Å². The van der Waals surface area contributed by atoms with Crippen molar-refractivity contribution >= 4 is 39.5 Å². The lowest BCUT2D eigenvalue weighted by Crippen LogP contribution is -2.30. The molecule has 0 radical (unpaired) electrons. The Bertz CT molecular complexity index is 1870. The smallest absolute Gasteiger partial charge is 0.462 e. The predicted octanol–water partition coefficient (Wildman–Crippen LogP) is 22.6. The topological polar surface area (TPSA) is 237 Å². The molecule has 0 rings (SSSR count). The summed E-state index contributed by atoms with van der Waals surface area (Å²) in [5.74, 6) is 0.190. The lowest BCUT2D eigenvalue weighted by Gasteiger charge is -2.21. The zero-order valence-electron chi connectivity index (χ0n) is 62.8. The molecule has 0 amide bonds. The summed E-state index contributed by atoms with van der Waals surface area (Å²) in [5.41, 5.74) is 0. The monoisotopic (exact) mass is 1410 g/mol. The van der Waals surface area contributed by atoms with E-state index in [9.17, 15) is 43.2 Å². The van der Waals surface area contributed by atoms with Crippen LogP contribution in [0.4, 0.5) is 0 Å². The van der Waals surface area contributed by atoms with Crippen molar-refractivity contribution in [2.45, 2.75) is 414 Å². The summed E-state index contributed by atoms with van der Waals surface area (Å²) in [6.07, 6.45) is 54.0. The van der Waals surface area contributed by atoms with Crippen molar-refractivity contribution in [1.82, 2.24) is 0 Å². The molecule has 0 spiro atoms. The van der Waals surface area contributed by atoms with E-state index in [0.29, 0.717) is 25.7 Å². The van der Waals surface area contributed by atoms with Crippen LogP contribution >= 0.6 is 15.6 Å². The van der Waals surface area contributed by atoms with Gasteiger partial charge in [0.2, 0.25) is 0 Å². The Morgan fingerprint density at radius 1 is 0.302 bits per heavy atom. The highest BCUT2D eigenvalue weighted by Gasteiger charge is 2.30. The van der Waals surface area contributed by atoms with Crippen molar-refractivity contribution in [3.8, 4) is 0 Å². The molecule has 0 aromatic rings. The van der Waals surface area contributed by atoms with Crippen LogP contribution in [0, 0.1) is 17.8 Å². The molecule has 0 aliphatic carbocycles. The van der Waals surface area contributed by atoms with Crippen LogP contribution in [0.15, 0.2) is 0 Å². The molecule has 0 aliphatic rings. The van der Waals surface area contributed by atoms with Gasteiger partial charge in [-0.15, -0.1) is 0 Å². The van der Waals surface area contributed by atoms with Crippen molar-refractivity contribution in [1.29, 1.82) is 0 Å². The van der Waals surface area contributed by atoms with Crippen LogP contribution in [0.25, 0.3) is 0 Å². The Morgan fingerprint density at radius 3 is 0.792 bits per heavy atom. The number of aliphatic hydroxyl groups excluding tert-OH is 1. The van der Waals surface area contributed by atoms with E-state index in [-0.39, 0.29) is 25.7 Å². The summed E-state index contributed by atoms with van der Waals surface area (Å²) in [4.78, 5) is 72.9. The zero-order chi connectivity index (χ0) is 70.9. The van der Waals surface area contributed by atoms with E-state index in [1.165, 1.54) is 205 Å². The Morgan fingerprint density at radius 2 is 0.531 bits per heavy atom. The van der Waals surface area contributed by atoms with Gasteiger partial charge in [-0.25, -0.2) is 9.13 Å². The molecule has 3 unspecified atom stereocenters. The fourth-order valence-electron chi connectivity index (χ4n) is 11.7. The number of carbonyl (C=O) groups excluding carboxylic acids is 4. The van der Waals surface area contributed by atoms with E-state index in [1.807, 2.05) is 0 Å². The highest BCUT2D eigenvalue weighted by atomic mass is 31.2. The molecule has 19 heteroatoms. The number of hydrogen-bond donors (Lipinski definition) is 3. The molecular weight excluding hydrogens is 1260 g/mol. The summed E-state index contributed by atoms with van der Waals surface area (Å²) in [5, 5.41) is 10.6. The highest BCUT2D eigenvalue weighted by Crippen LogP contribution is 2.45. The third-order valence-electron chi connectivity index (χ3n) is 18.2. The highest BCUT2D eigenvalue weighted by molar-refractivity contribution is 7.47. The van der Waals surface area contributed by atoms with E-state index in [1.54, 1.807) is 0 Å². The molecule has 0 aromatic heterocycles. The number of aliphatic hydroxyl groups is 1. The summed E-state index contributed by atoms with van der Waals surface area (Å²) in [6.45, 7) is 11.9. The van der Waals surface area contributed by atoms with Crippen LogP contribution in [-0.4, -0.2) is 96.7 Å². The minimum Gasteiger partial charge on any atom is -0.462 e. The van der Waals surface area contributed by atoms with E-state index < -0.39 is 97.5 Å². The maximum atomic E-state index is 13.1. The van der Waals surface area contributed by atoms with Crippen molar-refractivity contribution in [2.24, 2.45) is 17.8 Å². The van der Waals surface area contributed by atoms with Crippen LogP contribution in [0.1, 0.15) is 395 Å². The van der Waals surface area contributed by atoms with Crippen molar-refractivity contribution in [3.05, 3.63) is 0 Å². The maximum Gasteiger partial charge on any atom is 0.472 e. The lowest BCUT2D eigenvalue weighted by molar-refractivity contribution is -0.161. The van der Waals surface area contributed by atoms with Crippen LogP contribution in [0.3, 0.4) is 0 Å². The largest absolute Gasteiger partial charge is 0.472 e. The van der Waals surface area contributed by atoms with Crippen molar-refractivity contribution in [3.63, 3.8) is 0 Å². The number of hydrogen-bond acceptors (Lipinski definition) is 15. The molecule has 17 nitrogen and oxygen atoms in total. The second-order valence-corrected chi connectivity index (χ2v) is 31.8. The van der Waals surface area contributed by atoms with Gasteiger partial charge < -0.3 is 33.8 Å². The number of unbranched alkanes of at least 4 members (excludes halogenated alkanes) is 42. The minimum absolute atomic E-state index is 0.105. The third kappa shape index (κ3) is 69.2. The average Bonchev–Trinajstić information content (AvgIpc) is 1.12. The van der Waals surface area contributed by atoms with Gasteiger partial charge in [0.1, 0.15) is 19.3 Å². The van der Waals surface area contributed by atoms with E-state index >= 15 is 0 Å². The summed E-state index contributed by atoms with van der Waals surface area (Å²) >= 11 is 0. The predicted molar refractivity (Wildman–Crippen MR) is 391 cm³/mol.